The van der Waals surface area contributed by atoms with Crippen LogP contribution in [0, 0.1) is 0 Å². The van der Waals surface area contributed by atoms with Gasteiger partial charge in [0.1, 0.15) is 16.9 Å². The lowest BCUT2D eigenvalue weighted by molar-refractivity contribution is 0.00382. The molecule has 9 nitrogen and oxygen atoms in total. The van der Waals surface area contributed by atoms with E-state index in [4.69, 9.17) is 18.6 Å². The maximum Gasteiger partial charge on any atom is 0.410 e. The van der Waals surface area contributed by atoms with E-state index in [9.17, 15) is 9.59 Å². The predicted octanol–water partition coefficient (Wildman–Crippen LogP) is 4.26. The van der Waals surface area contributed by atoms with Crippen molar-refractivity contribution in [2.45, 2.75) is 45.9 Å². The molecule has 1 fully saturated rings. The van der Waals surface area contributed by atoms with Gasteiger partial charge in [-0.1, -0.05) is 6.07 Å². The van der Waals surface area contributed by atoms with E-state index in [1.54, 1.807) is 36.9 Å². The highest BCUT2D eigenvalue weighted by Crippen LogP contribution is 2.35. The molecular formula is C27H35N3O6. The largest absolute Gasteiger partial charge is 0.493 e. The lowest BCUT2D eigenvalue weighted by Crippen LogP contribution is -2.54. The van der Waals surface area contributed by atoms with Crippen molar-refractivity contribution in [2.24, 2.45) is 7.05 Å². The predicted molar refractivity (Wildman–Crippen MR) is 138 cm³/mol. The molecule has 1 saturated heterocycles. The van der Waals surface area contributed by atoms with Crippen LogP contribution in [0.4, 0.5) is 4.79 Å². The maximum atomic E-state index is 12.9. The number of fused-ring (bicyclic) bond motifs is 1. The molecule has 36 heavy (non-hydrogen) atoms. The average molecular weight is 498 g/mol. The normalized spacial score (nSPS) is 16.9. The van der Waals surface area contributed by atoms with E-state index in [0.717, 1.165) is 11.1 Å². The Balaban J connectivity index is 1.60. The van der Waals surface area contributed by atoms with Gasteiger partial charge in [0.2, 0.25) is 0 Å². The van der Waals surface area contributed by atoms with Gasteiger partial charge in [-0.25, -0.2) is 4.79 Å². The molecule has 0 spiro atoms. The number of carbonyl (C=O) groups excluding carboxylic acids is 1. The van der Waals surface area contributed by atoms with Crippen molar-refractivity contribution in [3.05, 3.63) is 46.6 Å². The van der Waals surface area contributed by atoms with E-state index in [1.807, 2.05) is 45.0 Å². The van der Waals surface area contributed by atoms with E-state index < -0.39 is 5.60 Å². The molecular weight excluding hydrogens is 462 g/mol. The molecule has 3 heterocycles. The van der Waals surface area contributed by atoms with Crippen LogP contribution in [0.2, 0.25) is 0 Å². The fourth-order valence-corrected chi connectivity index (χ4v) is 4.51. The van der Waals surface area contributed by atoms with Crippen LogP contribution in [0.25, 0.3) is 22.1 Å². The molecule has 0 radical (unpaired) electrons. The first-order valence-electron chi connectivity index (χ1n) is 12.1. The molecule has 194 valence electrons. The van der Waals surface area contributed by atoms with Crippen molar-refractivity contribution >= 4 is 17.1 Å². The van der Waals surface area contributed by atoms with E-state index >= 15 is 0 Å². The van der Waals surface area contributed by atoms with Crippen LogP contribution in [0.15, 0.2) is 39.7 Å². The molecule has 0 saturated carbocycles. The van der Waals surface area contributed by atoms with E-state index in [2.05, 4.69) is 11.8 Å². The highest BCUT2D eigenvalue weighted by Gasteiger charge is 2.30. The number of nitrogens with zero attached hydrogens (tertiary/aromatic N) is 3. The number of carbonyl (C=O) groups is 1. The number of benzene rings is 1. The molecule has 1 aliphatic heterocycles. The minimum Gasteiger partial charge on any atom is -0.493 e. The third-order valence-electron chi connectivity index (χ3n) is 6.37. The fourth-order valence-electron chi connectivity index (χ4n) is 4.51. The Kier molecular flexibility index (Phi) is 7.04. The summed E-state index contributed by atoms with van der Waals surface area (Å²) in [6.07, 6.45) is 1.49. The Bertz CT molecular complexity index is 1320. The number of aromatic nitrogens is 1. The van der Waals surface area contributed by atoms with Crippen LogP contribution < -0.4 is 15.0 Å². The van der Waals surface area contributed by atoms with Crippen LogP contribution >= 0.6 is 0 Å². The van der Waals surface area contributed by atoms with Crippen LogP contribution in [-0.4, -0.2) is 66.0 Å². The number of aryl methyl sites for hydroxylation is 1. The average Bonchev–Trinajstić information content (AvgIpc) is 3.25. The molecule has 2 aromatic heterocycles. The molecule has 0 unspecified atom stereocenters. The zero-order valence-corrected chi connectivity index (χ0v) is 22.1. The van der Waals surface area contributed by atoms with E-state index in [0.29, 0.717) is 54.4 Å². The van der Waals surface area contributed by atoms with Crippen LogP contribution in [0.5, 0.6) is 11.5 Å². The summed E-state index contributed by atoms with van der Waals surface area (Å²) in [5, 5.41) is 0.528. The number of hydrogen-bond donors (Lipinski definition) is 0. The van der Waals surface area contributed by atoms with Crippen molar-refractivity contribution in [1.29, 1.82) is 0 Å². The number of piperazine rings is 1. The van der Waals surface area contributed by atoms with E-state index in [-0.39, 0.29) is 17.7 Å². The summed E-state index contributed by atoms with van der Waals surface area (Å²) in [7, 11) is 4.92. The maximum absolute atomic E-state index is 12.9. The molecule has 1 aromatic carbocycles. The zero-order chi connectivity index (χ0) is 26.2. The molecule has 0 aliphatic carbocycles. The third kappa shape index (κ3) is 5.21. The van der Waals surface area contributed by atoms with Gasteiger partial charge in [0.05, 0.1) is 26.2 Å². The van der Waals surface area contributed by atoms with Crippen LogP contribution in [-0.2, 0) is 18.3 Å². The first kappa shape index (κ1) is 25.6. The number of rotatable bonds is 5. The van der Waals surface area contributed by atoms with Crippen molar-refractivity contribution in [1.82, 2.24) is 14.4 Å². The molecule has 3 aromatic rings. The summed E-state index contributed by atoms with van der Waals surface area (Å²) in [5.74, 6) is 1.93. The molecule has 1 amide bonds. The van der Waals surface area contributed by atoms with Gasteiger partial charge >= 0.3 is 6.09 Å². The minimum atomic E-state index is -0.524. The van der Waals surface area contributed by atoms with Gasteiger partial charge in [0.25, 0.3) is 5.56 Å². The summed E-state index contributed by atoms with van der Waals surface area (Å²) in [4.78, 5) is 29.4. The van der Waals surface area contributed by atoms with Gasteiger partial charge in [-0.2, -0.15) is 0 Å². The van der Waals surface area contributed by atoms with Crippen molar-refractivity contribution in [2.75, 3.05) is 33.9 Å². The first-order valence-corrected chi connectivity index (χ1v) is 12.1. The summed E-state index contributed by atoms with van der Waals surface area (Å²) >= 11 is 0. The molecule has 9 heteroatoms. The second-order valence-corrected chi connectivity index (χ2v) is 10.2. The van der Waals surface area contributed by atoms with E-state index in [1.165, 1.54) is 0 Å². The fraction of sp³-hybridized carbons (Fsp3) is 0.481. The number of methoxy groups -OCH3 is 2. The molecule has 0 bridgehead atoms. The number of amides is 1. The smallest absolute Gasteiger partial charge is 0.410 e. The summed E-state index contributed by atoms with van der Waals surface area (Å²) in [6.45, 7) is 10.0. The monoisotopic (exact) mass is 497 g/mol. The SMILES string of the molecule is COc1ccc(-c2cn(C)c(=O)c3cc(CN4CCN(C(=O)OC(C)(C)C)C[C@H]4C)oc23)cc1OC. The Morgan fingerprint density at radius 2 is 1.83 bits per heavy atom. The summed E-state index contributed by atoms with van der Waals surface area (Å²) in [6, 6.07) is 7.56. The standard InChI is InChI=1S/C27H35N3O6/c1-17-14-30(26(32)36-27(2,3)4)11-10-29(17)15-19-13-20-24(35-19)21(16-28(5)25(20)31)18-8-9-22(33-6)23(12-18)34-7/h8-9,12-13,16-17H,10-11,14-15H2,1-7H3/t17-/m1/s1. The third-order valence-corrected chi connectivity index (χ3v) is 6.37. The number of furan rings is 1. The Hall–Kier alpha value is -3.46. The van der Waals surface area contributed by atoms with Gasteiger partial charge in [-0.3, -0.25) is 9.69 Å². The Morgan fingerprint density at radius 3 is 2.47 bits per heavy atom. The van der Waals surface area contributed by atoms with Gasteiger partial charge < -0.3 is 28.1 Å². The van der Waals surface area contributed by atoms with Crippen LogP contribution in [0.3, 0.4) is 0 Å². The van der Waals surface area contributed by atoms with Gasteiger partial charge in [-0.15, -0.1) is 0 Å². The summed E-state index contributed by atoms with van der Waals surface area (Å²) in [5.41, 5.74) is 1.55. The second kappa shape index (κ2) is 9.89. The topological polar surface area (TPSA) is 86.4 Å². The molecule has 1 aliphatic rings. The molecule has 1 atom stereocenters. The number of pyridine rings is 1. The lowest BCUT2D eigenvalue weighted by Gasteiger charge is -2.39. The van der Waals surface area contributed by atoms with Crippen molar-refractivity contribution in [3.63, 3.8) is 0 Å². The summed E-state index contributed by atoms with van der Waals surface area (Å²) < 4.78 is 24.2. The zero-order valence-electron chi connectivity index (χ0n) is 22.1. The number of ether oxygens (including phenoxy) is 3. The highest BCUT2D eigenvalue weighted by molar-refractivity contribution is 5.92. The van der Waals surface area contributed by atoms with Crippen molar-refractivity contribution < 1.29 is 23.4 Å². The van der Waals surface area contributed by atoms with Gasteiger partial charge in [0, 0.05) is 44.5 Å². The Labute approximate surface area is 211 Å². The number of hydrogen-bond acceptors (Lipinski definition) is 7. The lowest BCUT2D eigenvalue weighted by atomic mass is 10.1. The Morgan fingerprint density at radius 1 is 1.11 bits per heavy atom. The molecule has 4 rings (SSSR count). The minimum absolute atomic E-state index is 0.104. The van der Waals surface area contributed by atoms with Crippen LogP contribution in [0.1, 0.15) is 33.5 Å². The quantitative estimate of drug-likeness (QED) is 0.521. The second-order valence-electron chi connectivity index (χ2n) is 10.2. The highest BCUT2D eigenvalue weighted by atomic mass is 16.6. The molecule has 0 N–H and O–H groups in total. The van der Waals surface area contributed by atoms with Gasteiger partial charge in [0.15, 0.2) is 11.5 Å². The first-order chi connectivity index (χ1) is 17.0. The van der Waals surface area contributed by atoms with Crippen molar-refractivity contribution in [3.8, 4) is 22.6 Å². The van der Waals surface area contributed by atoms with Gasteiger partial charge in [-0.05, 0) is 51.5 Å².